The van der Waals surface area contributed by atoms with Gasteiger partial charge >= 0.3 is 5.69 Å². The molecule has 0 saturated heterocycles. The van der Waals surface area contributed by atoms with Crippen LogP contribution in [-0.4, -0.2) is 15.0 Å². The number of rotatable bonds is 2. The Balaban J connectivity index is 2.14. The molecule has 2 aromatic carbocycles. The van der Waals surface area contributed by atoms with Crippen molar-refractivity contribution in [1.29, 1.82) is 0 Å². The number of tetrazole rings is 1. The molecule has 0 amide bonds. The third kappa shape index (κ3) is 2.30. The molecule has 0 unspecified atom stereocenters. The quantitative estimate of drug-likeness (QED) is 0.552. The predicted octanol–water partition coefficient (Wildman–Crippen LogP) is 1.44. The molecule has 0 spiro atoms. The largest absolute Gasteiger partial charge is 0.471 e. The first-order valence-corrected chi connectivity index (χ1v) is 6.75. The monoisotopic (exact) mass is 365 g/mol. The molecular formula is C13H10IN4O+. The summed E-state index contributed by atoms with van der Waals surface area (Å²) in [5, 5.41) is 6.97. The topological polar surface area (TPSA) is 54.6 Å². The maximum absolute atomic E-state index is 12.0. The molecule has 1 N–H and O–H groups in total. The zero-order chi connectivity index (χ0) is 13.2. The summed E-state index contributed by atoms with van der Waals surface area (Å²) in [6.07, 6.45) is 0. The van der Waals surface area contributed by atoms with Gasteiger partial charge in [-0.2, -0.15) is 0 Å². The number of benzene rings is 2. The van der Waals surface area contributed by atoms with E-state index in [4.69, 9.17) is 0 Å². The van der Waals surface area contributed by atoms with Crippen LogP contribution in [0.1, 0.15) is 0 Å². The van der Waals surface area contributed by atoms with Crippen LogP contribution in [0.4, 0.5) is 0 Å². The SMILES string of the molecule is O=c1[nH][n+](-c2ccccc2)nn1-c1ccccc1I. The molecule has 0 saturated carbocycles. The van der Waals surface area contributed by atoms with E-state index in [-0.39, 0.29) is 5.69 Å². The van der Waals surface area contributed by atoms with Crippen molar-refractivity contribution in [3.8, 4) is 11.4 Å². The molecule has 5 nitrogen and oxygen atoms in total. The molecule has 1 heterocycles. The fourth-order valence-electron chi connectivity index (χ4n) is 1.76. The molecule has 3 aromatic rings. The van der Waals surface area contributed by atoms with Crippen molar-refractivity contribution in [1.82, 2.24) is 15.0 Å². The molecule has 0 bridgehead atoms. The number of nitrogens with zero attached hydrogens (tertiary/aromatic N) is 3. The minimum absolute atomic E-state index is 0.270. The molecule has 0 atom stereocenters. The molecule has 0 fully saturated rings. The summed E-state index contributed by atoms with van der Waals surface area (Å²) in [6.45, 7) is 0. The molecule has 3 rings (SSSR count). The lowest BCUT2D eigenvalue weighted by Gasteiger charge is -1.94. The molecular weight excluding hydrogens is 355 g/mol. The van der Waals surface area contributed by atoms with Crippen LogP contribution >= 0.6 is 22.6 Å². The highest BCUT2D eigenvalue weighted by Crippen LogP contribution is 2.13. The van der Waals surface area contributed by atoms with Crippen molar-refractivity contribution in [2.45, 2.75) is 0 Å². The lowest BCUT2D eigenvalue weighted by atomic mass is 10.3. The molecule has 0 aliphatic carbocycles. The Morgan fingerprint density at radius 2 is 1.74 bits per heavy atom. The van der Waals surface area contributed by atoms with E-state index in [9.17, 15) is 4.79 Å². The normalized spacial score (nSPS) is 10.6. The number of hydrogen-bond acceptors (Lipinski definition) is 2. The lowest BCUT2D eigenvalue weighted by molar-refractivity contribution is -0.718. The Bertz CT molecular complexity index is 764. The Kier molecular flexibility index (Phi) is 3.16. The van der Waals surface area contributed by atoms with Crippen molar-refractivity contribution in [3.05, 3.63) is 68.7 Å². The number of hydrogen-bond donors (Lipinski definition) is 1. The zero-order valence-corrected chi connectivity index (χ0v) is 12.0. The minimum Gasteiger partial charge on any atom is -0.214 e. The Labute approximate surface area is 122 Å². The van der Waals surface area contributed by atoms with E-state index < -0.39 is 0 Å². The number of nitrogens with one attached hydrogen (secondary N) is 1. The van der Waals surface area contributed by atoms with E-state index in [1.165, 1.54) is 9.48 Å². The van der Waals surface area contributed by atoms with Gasteiger partial charge in [-0.05, 0) is 56.3 Å². The van der Waals surface area contributed by atoms with Gasteiger partial charge in [0, 0.05) is 0 Å². The first-order chi connectivity index (χ1) is 9.25. The van der Waals surface area contributed by atoms with Gasteiger partial charge in [-0.15, -0.1) is 5.10 Å². The molecule has 0 aliphatic heterocycles. The van der Waals surface area contributed by atoms with Gasteiger partial charge in [0.05, 0.1) is 3.57 Å². The van der Waals surface area contributed by atoms with Gasteiger partial charge in [0.25, 0.3) is 0 Å². The highest BCUT2D eigenvalue weighted by atomic mass is 127. The molecule has 1 aromatic heterocycles. The van der Waals surface area contributed by atoms with Gasteiger partial charge in [0.2, 0.25) is 0 Å². The summed E-state index contributed by atoms with van der Waals surface area (Å²) in [5.74, 6) is 0. The second-order valence-corrected chi connectivity index (χ2v) is 5.08. The van der Waals surface area contributed by atoms with Crippen LogP contribution in [0, 0.1) is 3.57 Å². The summed E-state index contributed by atoms with van der Waals surface area (Å²) >= 11 is 2.18. The Hall–Kier alpha value is -1.96. The first kappa shape index (κ1) is 12.1. The smallest absolute Gasteiger partial charge is 0.214 e. The van der Waals surface area contributed by atoms with Gasteiger partial charge in [-0.3, -0.25) is 0 Å². The average molecular weight is 365 g/mol. The second-order valence-electron chi connectivity index (χ2n) is 3.92. The summed E-state index contributed by atoms with van der Waals surface area (Å²) in [6, 6.07) is 17.1. The fourth-order valence-corrected chi connectivity index (χ4v) is 2.37. The number of para-hydroxylation sites is 2. The minimum atomic E-state index is -0.270. The third-order valence-corrected chi connectivity index (χ3v) is 3.57. The summed E-state index contributed by atoms with van der Waals surface area (Å²) in [4.78, 5) is 13.5. The van der Waals surface area contributed by atoms with Crippen molar-refractivity contribution < 1.29 is 4.80 Å². The van der Waals surface area contributed by atoms with E-state index in [2.05, 4.69) is 32.9 Å². The lowest BCUT2D eigenvalue weighted by Crippen LogP contribution is -2.37. The standard InChI is InChI=1S/C13H9IN4O/c14-11-8-4-5-9-12(11)17-13(19)15-18(16-17)10-6-2-1-3-7-10/h1-9H/p+1. The van der Waals surface area contributed by atoms with Crippen molar-refractivity contribution in [2.24, 2.45) is 0 Å². The molecule has 0 aliphatic rings. The van der Waals surface area contributed by atoms with Crippen LogP contribution in [0.15, 0.2) is 59.4 Å². The van der Waals surface area contributed by atoms with E-state index in [1.807, 2.05) is 54.6 Å². The van der Waals surface area contributed by atoms with Crippen LogP contribution < -0.4 is 10.5 Å². The van der Waals surface area contributed by atoms with Crippen LogP contribution in [0.5, 0.6) is 0 Å². The van der Waals surface area contributed by atoms with Crippen LogP contribution in [-0.2, 0) is 0 Å². The van der Waals surface area contributed by atoms with Crippen LogP contribution in [0.2, 0.25) is 0 Å². The summed E-state index contributed by atoms with van der Waals surface area (Å²) < 4.78 is 2.32. The Morgan fingerprint density at radius 3 is 2.47 bits per heavy atom. The number of H-pyrrole nitrogens is 1. The number of aromatic amines is 1. The van der Waals surface area contributed by atoms with E-state index >= 15 is 0 Å². The number of aromatic nitrogens is 4. The molecule has 6 heteroatoms. The molecule has 94 valence electrons. The van der Waals surface area contributed by atoms with Gasteiger partial charge < -0.3 is 0 Å². The van der Waals surface area contributed by atoms with Gasteiger partial charge in [0.15, 0.2) is 11.4 Å². The van der Waals surface area contributed by atoms with Crippen molar-refractivity contribution in [2.75, 3.05) is 0 Å². The van der Waals surface area contributed by atoms with E-state index in [0.717, 1.165) is 14.9 Å². The van der Waals surface area contributed by atoms with Gasteiger partial charge in [-0.25, -0.2) is 4.79 Å². The second kappa shape index (κ2) is 4.96. The van der Waals surface area contributed by atoms with Crippen LogP contribution in [0.25, 0.3) is 11.4 Å². The van der Waals surface area contributed by atoms with Gasteiger partial charge in [0.1, 0.15) is 5.21 Å². The number of halogens is 1. The van der Waals surface area contributed by atoms with Crippen molar-refractivity contribution in [3.63, 3.8) is 0 Å². The van der Waals surface area contributed by atoms with E-state index in [0.29, 0.717) is 0 Å². The molecule has 0 radical (unpaired) electrons. The highest BCUT2D eigenvalue weighted by Gasteiger charge is 2.18. The third-order valence-electron chi connectivity index (χ3n) is 2.65. The maximum atomic E-state index is 12.0. The Morgan fingerprint density at radius 1 is 1.05 bits per heavy atom. The van der Waals surface area contributed by atoms with E-state index in [1.54, 1.807) is 0 Å². The maximum Gasteiger partial charge on any atom is 0.471 e. The highest BCUT2D eigenvalue weighted by molar-refractivity contribution is 14.1. The predicted molar refractivity (Wildman–Crippen MR) is 78.4 cm³/mol. The van der Waals surface area contributed by atoms with Crippen LogP contribution in [0.3, 0.4) is 0 Å². The van der Waals surface area contributed by atoms with Gasteiger partial charge in [-0.1, -0.05) is 30.3 Å². The fraction of sp³-hybridized carbons (Fsp3) is 0. The van der Waals surface area contributed by atoms with Crippen molar-refractivity contribution >= 4 is 22.6 Å². The average Bonchev–Trinajstić information content (AvgIpc) is 2.82. The first-order valence-electron chi connectivity index (χ1n) is 5.68. The summed E-state index contributed by atoms with van der Waals surface area (Å²) in [5.41, 5.74) is 1.30. The molecule has 19 heavy (non-hydrogen) atoms. The summed E-state index contributed by atoms with van der Waals surface area (Å²) in [7, 11) is 0. The zero-order valence-electron chi connectivity index (χ0n) is 9.82.